The Morgan fingerprint density at radius 1 is 1.13 bits per heavy atom. The predicted molar refractivity (Wildman–Crippen MR) is 169 cm³/mol. The Labute approximate surface area is 267 Å². The van der Waals surface area contributed by atoms with Gasteiger partial charge < -0.3 is 25.1 Å². The highest BCUT2D eigenvalue weighted by Gasteiger charge is 2.62. The predicted octanol–water partition coefficient (Wildman–Crippen LogP) is 1.91. The van der Waals surface area contributed by atoms with E-state index in [-0.39, 0.29) is 37.0 Å². The van der Waals surface area contributed by atoms with E-state index in [9.17, 15) is 32.7 Å². The summed E-state index contributed by atoms with van der Waals surface area (Å²) in [4.78, 5) is 57.3. The minimum atomic E-state index is -3.85. The second kappa shape index (κ2) is 12.3. The van der Waals surface area contributed by atoms with Gasteiger partial charge in [-0.05, 0) is 69.6 Å². The molecule has 0 radical (unpaired) electrons. The Morgan fingerprint density at radius 2 is 1.82 bits per heavy atom. The first kappa shape index (κ1) is 33.9. The number of hydrogen-bond donors (Lipinski definition) is 4. The maximum Gasteiger partial charge on any atom is 0.405 e. The minimum Gasteiger partial charge on any atom is -0.465 e. The Bertz CT molecular complexity index is 1340. The molecule has 3 aliphatic carbocycles. The maximum atomic E-state index is 14.2. The molecule has 0 bridgehead atoms. The second-order valence-corrected chi connectivity index (χ2v) is 21.7. The molecule has 15 heteroatoms. The summed E-state index contributed by atoms with van der Waals surface area (Å²) in [5, 5.41) is 14.2. The second-order valence-electron chi connectivity index (χ2n) is 15.0. The molecule has 1 saturated heterocycles. The van der Waals surface area contributed by atoms with Crippen LogP contribution in [0.4, 0.5) is 4.79 Å². The van der Waals surface area contributed by atoms with Gasteiger partial charge in [0.1, 0.15) is 17.6 Å². The molecular formula is C30H49N5O8SSi. The Kier molecular flexibility index (Phi) is 9.23. The molecule has 0 aromatic carbocycles. The third-order valence-corrected chi connectivity index (χ3v) is 16.7. The summed E-state index contributed by atoms with van der Waals surface area (Å²) in [6.45, 7) is 11.4. The van der Waals surface area contributed by atoms with Gasteiger partial charge >= 0.3 is 6.09 Å². The molecule has 4 fully saturated rings. The smallest absolute Gasteiger partial charge is 0.405 e. The van der Waals surface area contributed by atoms with Crippen LogP contribution >= 0.6 is 0 Å². The molecule has 5 aliphatic rings. The first-order chi connectivity index (χ1) is 20.9. The zero-order valence-corrected chi connectivity index (χ0v) is 28.8. The van der Waals surface area contributed by atoms with Crippen molar-refractivity contribution in [2.45, 2.75) is 125 Å². The van der Waals surface area contributed by atoms with Crippen molar-refractivity contribution in [1.29, 1.82) is 0 Å². The zero-order chi connectivity index (χ0) is 32.9. The summed E-state index contributed by atoms with van der Waals surface area (Å²) < 4.78 is 34.3. The highest BCUT2D eigenvalue weighted by Crippen LogP contribution is 2.46. The summed E-state index contributed by atoms with van der Waals surface area (Å²) in [6.07, 6.45) is 6.81. The Balaban J connectivity index is 1.47. The fourth-order valence-corrected chi connectivity index (χ4v) is 8.96. The molecule has 45 heavy (non-hydrogen) atoms. The summed E-state index contributed by atoms with van der Waals surface area (Å²) in [6, 6.07) is -1.85. The number of carbonyl (C=O) groups is 4. The highest BCUT2D eigenvalue weighted by molar-refractivity contribution is 7.91. The van der Waals surface area contributed by atoms with Crippen molar-refractivity contribution >= 4 is 42.2 Å². The lowest BCUT2D eigenvalue weighted by Crippen LogP contribution is -2.59. The van der Waals surface area contributed by atoms with Crippen molar-refractivity contribution in [3.8, 4) is 0 Å². The fraction of sp³-hybridized carbons (Fsp3) is 0.800. The summed E-state index contributed by atoms with van der Waals surface area (Å²) >= 11 is 0. The van der Waals surface area contributed by atoms with E-state index >= 15 is 0 Å². The molecule has 0 aromatic rings. The molecule has 252 valence electrons. The Hall–Kier alpha value is -2.49. The molecule has 5 atom stereocenters. The van der Waals surface area contributed by atoms with E-state index in [0.717, 1.165) is 19.3 Å². The van der Waals surface area contributed by atoms with E-state index in [0.29, 0.717) is 25.8 Å². The summed E-state index contributed by atoms with van der Waals surface area (Å²) in [5.41, 5.74) is -1.46. The molecule has 3 saturated carbocycles. The van der Waals surface area contributed by atoms with Gasteiger partial charge in [0.05, 0.1) is 11.4 Å². The van der Waals surface area contributed by atoms with Gasteiger partial charge in [-0.15, -0.1) is 0 Å². The standard InChI is InChI=1S/C30H49N5O8SSi/c1-29(2,3)45(4,5)43-21-15-24-25(36)32-30(27(38)33-44(41,42)22-12-13-22)16-19(30)9-7-6-8-14-34(20-10-11-20)18-23(31-28(39)40)26(37)35(24)17-21/h7,9,19-24,31H,6,8,10-18H2,1-5H3,(H,32,36)(H,33,38)(H,39,40)/b9-7-/t19-,21-,23+,24+,30-/m1/s1. The molecule has 0 unspecified atom stereocenters. The van der Waals surface area contributed by atoms with E-state index in [4.69, 9.17) is 4.43 Å². The largest absolute Gasteiger partial charge is 0.465 e. The number of allylic oxidation sites excluding steroid dienone is 1. The van der Waals surface area contributed by atoms with Gasteiger partial charge in [0.25, 0.3) is 5.91 Å². The summed E-state index contributed by atoms with van der Waals surface area (Å²) in [7, 11) is -6.17. The number of nitrogens with zero attached hydrogens (tertiary/aromatic N) is 2. The molecule has 0 aromatic heterocycles. The van der Waals surface area contributed by atoms with Gasteiger partial charge in [-0.3, -0.25) is 24.0 Å². The first-order valence-corrected chi connectivity index (χ1v) is 20.7. The van der Waals surface area contributed by atoms with Crippen LogP contribution in [-0.4, -0.2) is 110 Å². The summed E-state index contributed by atoms with van der Waals surface area (Å²) in [5.74, 6) is -2.26. The zero-order valence-electron chi connectivity index (χ0n) is 27.0. The number of nitrogens with one attached hydrogen (secondary N) is 3. The normalized spacial score (nSPS) is 32.8. The van der Waals surface area contributed by atoms with Crippen LogP contribution in [0.1, 0.15) is 72.1 Å². The van der Waals surface area contributed by atoms with Gasteiger partial charge in [0, 0.05) is 31.5 Å². The van der Waals surface area contributed by atoms with Crippen molar-refractivity contribution in [2.75, 3.05) is 19.6 Å². The molecule has 5 rings (SSSR count). The van der Waals surface area contributed by atoms with Gasteiger partial charge in [-0.1, -0.05) is 32.9 Å². The molecule has 0 spiro atoms. The van der Waals surface area contributed by atoms with E-state index in [2.05, 4.69) is 54.1 Å². The number of rotatable bonds is 7. The number of amides is 4. The van der Waals surface area contributed by atoms with E-state index in [1.165, 1.54) is 4.90 Å². The van der Waals surface area contributed by atoms with Crippen LogP contribution < -0.4 is 15.4 Å². The van der Waals surface area contributed by atoms with Gasteiger partial charge in [0.15, 0.2) is 8.32 Å². The minimum absolute atomic E-state index is 0.100. The third-order valence-electron chi connectivity index (χ3n) is 10.3. The number of hydrogen-bond acceptors (Lipinski definition) is 8. The van der Waals surface area contributed by atoms with Crippen LogP contribution in [0.5, 0.6) is 0 Å². The lowest BCUT2D eigenvalue weighted by Gasteiger charge is -2.38. The SMILES string of the molecule is CC(C)(C)[Si](C)(C)O[C@@H]1C[C@H]2C(=O)N[C@]3(C(=O)NS(=O)(=O)C4CC4)C[C@H]3/C=C\CCCN(C3CC3)C[C@H](NC(=O)O)C(=O)N2C1. The highest BCUT2D eigenvalue weighted by atomic mass is 32.2. The number of carbonyl (C=O) groups excluding carboxylic acids is 3. The van der Waals surface area contributed by atoms with E-state index in [1.54, 1.807) is 0 Å². The molecule has 2 heterocycles. The van der Waals surface area contributed by atoms with Crippen molar-refractivity contribution in [2.24, 2.45) is 5.92 Å². The van der Waals surface area contributed by atoms with Crippen LogP contribution in [0, 0.1) is 5.92 Å². The molecular weight excluding hydrogens is 619 g/mol. The first-order valence-electron chi connectivity index (χ1n) is 16.2. The molecule has 4 amide bonds. The number of fused-ring (bicyclic) bond motifs is 2. The average Bonchev–Trinajstić information content (AvgIpc) is 3.79. The van der Waals surface area contributed by atoms with E-state index < -0.39 is 77.0 Å². The van der Waals surface area contributed by atoms with Gasteiger partial charge in [0.2, 0.25) is 21.8 Å². The van der Waals surface area contributed by atoms with Crippen LogP contribution in [0.25, 0.3) is 0 Å². The topological polar surface area (TPSA) is 174 Å². The van der Waals surface area contributed by atoms with Crippen LogP contribution in [0.15, 0.2) is 12.2 Å². The molecule has 13 nitrogen and oxygen atoms in total. The van der Waals surface area contributed by atoms with Crippen molar-refractivity contribution in [3.63, 3.8) is 0 Å². The van der Waals surface area contributed by atoms with Gasteiger partial charge in [-0.2, -0.15) is 0 Å². The average molecular weight is 668 g/mol. The van der Waals surface area contributed by atoms with Crippen LogP contribution in [0.2, 0.25) is 18.1 Å². The van der Waals surface area contributed by atoms with Crippen LogP contribution in [0.3, 0.4) is 0 Å². The lowest BCUT2D eigenvalue weighted by molar-refractivity contribution is -0.141. The maximum absolute atomic E-state index is 14.2. The van der Waals surface area contributed by atoms with Gasteiger partial charge in [-0.25, -0.2) is 13.2 Å². The van der Waals surface area contributed by atoms with Crippen molar-refractivity contribution in [1.82, 2.24) is 25.2 Å². The van der Waals surface area contributed by atoms with Crippen molar-refractivity contribution in [3.05, 3.63) is 12.2 Å². The fourth-order valence-electron chi connectivity index (χ4n) is 6.24. The lowest BCUT2D eigenvalue weighted by atomic mass is 10.1. The third kappa shape index (κ3) is 7.57. The number of carboxylic acid groups (broad SMARTS) is 1. The quantitative estimate of drug-likeness (QED) is 0.234. The monoisotopic (exact) mass is 667 g/mol. The Morgan fingerprint density at radius 3 is 2.42 bits per heavy atom. The molecule has 4 N–H and O–H groups in total. The van der Waals surface area contributed by atoms with E-state index in [1.807, 2.05) is 12.2 Å². The number of sulfonamides is 1. The molecule has 2 aliphatic heterocycles. The van der Waals surface area contributed by atoms with Crippen LogP contribution in [-0.2, 0) is 28.8 Å². The van der Waals surface area contributed by atoms with Crippen molar-refractivity contribution < 1.29 is 37.1 Å².